The van der Waals surface area contributed by atoms with E-state index in [1.807, 2.05) is 85.8 Å². The number of ether oxygens (including phenoxy) is 2. The number of rotatable bonds is 8. The van der Waals surface area contributed by atoms with E-state index in [0.29, 0.717) is 41.3 Å². The first-order valence-corrected chi connectivity index (χ1v) is 12.8. The molecule has 4 rings (SSSR count). The number of benzene rings is 3. The average Bonchev–Trinajstić information content (AvgIpc) is 3.13. The topological polar surface area (TPSA) is 51.1 Å². The van der Waals surface area contributed by atoms with Gasteiger partial charge in [0.1, 0.15) is 0 Å². The Labute approximate surface area is 218 Å². The third kappa shape index (κ3) is 5.82. The van der Waals surface area contributed by atoms with Crippen LogP contribution in [0.5, 0.6) is 11.5 Å². The fourth-order valence-corrected chi connectivity index (χ4v) is 5.38. The number of thioether (sulfide) groups is 1. The average molecular weight is 584 g/mol. The van der Waals surface area contributed by atoms with Gasteiger partial charge in [0.15, 0.2) is 16.7 Å². The van der Waals surface area contributed by atoms with Crippen molar-refractivity contribution >= 4 is 51.5 Å². The Morgan fingerprint density at radius 3 is 2.35 bits per heavy atom. The summed E-state index contributed by atoms with van der Waals surface area (Å²) in [5, 5.41) is 0.706. The summed E-state index contributed by atoms with van der Waals surface area (Å²) in [5.41, 5.74) is 3.04. The highest BCUT2D eigenvalue weighted by Gasteiger charge is 2.33. The van der Waals surface area contributed by atoms with Crippen LogP contribution in [0.3, 0.4) is 0 Å². The SMILES string of the molecule is CCOc1cc(/C=C2\SC(=NCc3ccccc3)N(Cc3ccccc3)C2=O)cc(I)c1OC. The molecule has 0 saturated carbocycles. The van der Waals surface area contributed by atoms with E-state index in [4.69, 9.17) is 14.5 Å². The second-order valence-electron chi connectivity index (χ2n) is 7.54. The third-order valence-electron chi connectivity index (χ3n) is 5.14. The van der Waals surface area contributed by atoms with E-state index in [1.165, 1.54) is 11.8 Å². The van der Waals surface area contributed by atoms with Crippen molar-refractivity contribution < 1.29 is 14.3 Å². The summed E-state index contributed by atoms with van der Waals surface area (Å²) in [5.74, 6) is 1.31. The monoisotopic (exact) mass is 584 g/mol. The molecule has 34 heavy (non-hydrogen) atoms. The zero-order valence-corrected chi connectivity index (χ0v) is 22.0. The molecule has 0 radical (unpaired) electrons. The molecule has 0 bridgehead atoms. The summed E-state index contributed by atoms with van der Waals surface area (Å²) >= 11 is 3.63. The van der Waals surface area contributed by atoms with E-state index >= 15 is 0 Å². The second kappa shape index (κ2) is 11.6. The fraction of sp³-hybridized carbons (Fsp3) is 0.185. The van der Waals surface area contributed by atoms with Crippen molar-refractivity contribution in [1.29, 1.82) is 0 Å². The zero-order chi connectivity index (χ0) is 23.9. The number of carbonyl (C=O) groups is 1. The molecule has 3 aromatic carbocycles. The highest BCUT2D eigenvalue weighted by molar-refractivity contribution is 14.1. The van der Waals surface area contributed by atoms with Crippen molar-refractivity contribution in [2.45, 2.75) is 20.0 Å². The predicted molar refractivity (Wildman–Crippen MR) is 147 cm³/mol. The minimum absolute atomic E-state index is 0.0514. The molecule has 0 atom stereocenters. The molecule has 174 valence electrons. The number of nitrogens with zero attached hydrogens (tertiary/aromatic N) is 2. The van der Waals surface area contributed by atoms with Gasteiger partial charge in [-0.05, 0) is 76.2 Å². The van der Waals surface area contributed by atoms with Gasteiger partial charge in [-0.2, -0.15) is 0 Å². The van der Waals surface area contributed by atoms with Gasteiger partial charge in [0, 0.05) is 0 Å². The van der Waals surface area contributed by atoms with Crippen molar-refractivity contribution in [3.63, 3.8) is 0 Å². The van der Waals surface area contributed by atoms with Gasteiger partial charge < -0.3 is 9.47 Å². The molecule has 1 amide bonds. The van der Waals surface area contributed by atoms with Crippen LogP contribution in [0.2, 0.25) is 0 Å². The summed E-state index contributed by atoms with van der Waals surface area (Å²) < 4.78 is 12.2. The number of carbonyl (C=O) groups excluding carboxylic acids is 1. The van der Waals surface area contributed by atoms with Crippen LogP contribution in [-0.2, 0) is 17.9 Å². The van der Waals surface area contributed by atoms with Gasteiger partial charge >= 0.3 is 0 Å². The van der Waals surface area contributed by atoms with Crippen LogP contribution in [0.1, 0.15) is 23.6 Å². The minimum atomic E-state index is -0.0514. The summed E-state index contributed by atoms with van der Waals surface area (Å²) in [7, 11) is 1.63. The summed E-state index contributed by atoms with van der Waals surface area (Å²) in [6, 6.07) is 23.9. The molecule has 0 N–H and O–H groups in total. The van der Waals surface area contributed by atoms with Crippen molar-refractivity contribution in [3.05, 3.63) is 98.0 Å². The standard InChI is InChI=1S/C27H25IN2O3S/c1-3-33-23-15-21(14-22(28)25(23)32-2)16-24-26(31)30(18-20-12-8-5-9-13-20)27(34-24)29-17-19-10-6-4-7-11-19/h4-16H,3,17-18H2,1-2H3/b24-16-,29-27?. The molecule has 1 fully saturated rings. The van der Waals surface area contributed by atoms with Crippen LogP contribution in [0.4, 0.5) is 0 Å². The highest BCUT2D eigenvalue weighted by Crippen LogP contribution is 2.38. The van der Waals surface area contributed by atoms with E-state index in [0.717, 1.165) is 20.3 Å². The van der Waals surface area contributed by atoms with Gasteiger partial charge in [-0.15, -0.1) is 0 Å². The van der Waals surface area contributed by atoms with Gasteiger partial charge in [0.2, 0.25) is 0 Å². The van der Waals surface area contributed by atoms with Crippen LogP contribution in [0.15, 0.2) is 82.7 Å². The quantitative estimate of drug-likeness (QED) is 0.228. The molecule has 5 nitrogen and oxygen atoms in total. The maximum atomic E-state index is 13.5. The van der Waals surface area contributed by atoms with Crippen molar-refractivity contribution in [2.24, 2.45) is 4.99 Å². The summed E-state index contributed by atoms with van der Waals surface area (Å²) in [6.07, 6.45) is 1.90. The molecule has 0 unspecified atom stereocenters. The van der Waals surface area contributed by atoms with Gasteiger partial charge in [-0.1, -0.05) is 60.7 Å². The molecule has 1 aliphatic rings. The Hall–Kier alpha value is -2.78. The number of amides is 1. The van der Waals surface area contributed by atoms with Crippen LogP contribution in [0, 0.1) is 3.57 Å². The Balaban J connectivity index is 1.67. The first-order chi connectivity index (χ1) is 16.6. The molecule has 0 aromatic heterocycles. The van der Waals surface area contributed by atoms with Gasteiger partial charge in [-0.3, -0.25) is 14.7 Å². The van der Waals surface area contributed by atoms with Gasteiger partial charge in [0.05, 0.1) is 35.3 Å². The van der Waals surface area contributed by atoms with Crippen LogP contribution < -0.4 is 9.47 Å². The van der Waals surface area contributed by atoms with E-state index < -0.39 is 0 Å². The maximum Gasteiger partial charge on any atom is 0.267 e. The van der Waals surface area contributed by atoms with E-state index in [9.17, 15) is 4.79 Å². The first-order valence-electron chi connectivity index (χ1n) is 10.9. The Kier molecular flexibility index (Phi) is 8.29. The van der Waals surface area contributed by atoms with E-state index in [1.54, 1.807) is 12.0 Å². The number of methoxy groups -OCH3 is 1. The number of amidine groups is 1. The molecule has 7 heteroatoms. The molecule has 1 heterocycles. The lowest BCUT2D eigenvalue weighted by Gasteiger charge is -2.15. The molecule has 3 aromatic rings. The lowest BCUT2D eigenvalue weighted by Crippen LogP contribution is -2.28. The highest BCUT2D eigenvalue weighted by atomic mass is 127. The number of halogens is 1. The predicted octanol–water partition coefficient (Wildman–Crippen LogP) is 6.37. The zero-order valence-electron chi connectivity index (χ0n) is 19.0. The minimum Gasteiger partial charge on any atom is -0.492 e. The molecule has 1 aliphatic heterocycles. The van der Waals surface area contributed by atoms with E-state index in [-0.39, 0.29) is 5.91 Å². The fourth-order valence-electron chi connectivity index (χ4n) is 3.56. The number of hydrogen-bond acceptors (Lipinski definition) is 5. The first kappa shape index (κ1) is 24.3. The third-order valence-corrected chi connectivity index (χ3v) is 6.99. The Morgan fingerprint density at radius 2 is 1.71 bits per heavy atom. The van der Waals surface area contributed by atoms with Crippen molar-refractivity contribution in [2.75, 3.05) is 13.7 Å². The smallest absolute Gasteiger partial charge is 0.267 e. The summed E-state index contributed by atoms with van der Waals surface area (Å²) in [6.45, 7) is 3.46. The maximum absolute atomic E-state index is 13.5. The molecular weight excluding hydrogens is 559 g/mol. The van der Waals surface area contributed by atoms with Gasteiger partial charge in [0.25, 0.3) is 5.91 Å². The number of aliphatic imine (C=N–C) groups is 1. The van der Waals surface area contributed by atoms with Crippen molar-refractivity contribution in [3.8, 4) is 11.5 Å². The lowest BCUT2D eigenvalue weighted by atomic mass is 10.1. The lowest BCUT2D eigenvalue weighted by molar-refractivity contribution is -0.122. The molecule has 0 aliphatic carbocycles. The van der Waals surface area contributed by atoms with Crippen LogP contribution in [0.25, 0.3) is 6.08 Å². The van der Waals surface area contributed by atoms with Crippen LogP contribution in [-0.4, -0.2) is 29.7 Å². The van der Waals surface area contributed by atoms with Gasteiger partial charge in [-0.25, -0.2) is 0 Å². The summed E-state index contributed by atoms with van der Waals surface area (Å²) in [4.78, 5) is 20.6. The van der Waals surface area contributed by atoms with Crippen molar-refractivity contribution in [1.82, 2.24) is 4.90 Å². The Morgan fingerprint density at radius 1 is 1.03 bits per heavy atom. The van der Waals surface area contributed by atoms with Crippen LogP contribution >= 0.6 is 34.4 Å². The second-order valence-corrected chi connectivity index (χ2v) is 9.71. The molecule has 1 saturated heterocycles. The van der Waals surface area contributed by atoms with E-state index in [2.05, 4.69) is 22.6 Å². The normalized spacial score (nSPS) is 15.9. The Bertz CT molecular complexity index is 1210. The molecular formula is C27H25IN2O3S. The largest absolute Gasteiger partial charge is 0.492 e. The number of hydrogen-bond donors (Lipinski definition) is 0. The molecule has 0 spiro atoms.